The summed E-state index contributed by atoms with van der Waals surface area (Å²) < 4.78 is 0. The number of nitrogens with one attached hydrogen (secondary N) is 2. The van der Waals surface area contributed by atoms with E-state index in [2.05, 4.69) is 22.8 Å². The molecule has 2 aromatic rings. The van der Waals surface area contributed by atoms with Gasteiger partial charge in [0.2, 0.25) is 0 Å². The lowest BCUT2D eigenvalue weighted by molar-refractivity contribution is -0.118. The summed E-state index contributed by atoms with van der Waals surface area (Å²) in [5.41, 5.74) is 0.963. The molecular formula is C22H23N3OS. The van der Waals surface area contributed by atoms with E-state index < -0.39 is 0 Å². The first-order chi connectivity index (χ1) is 13.3. The van der Waals surface area contributed by atoms with Crippen LogP contribution >= 0.6 is 11.8 Å². The number of benzene rings is 2. The van der Waals surface area contributed by atoms with E-state index in [0.29, 0.717) is 0 Å². The maximum Gasteiger partial charge on any atom is 0.263 e. The van der Waals surface area contributed by atoms with Crippen LogP contribution in [0.1, 0.15) is 32.1 Å². The van der Waals surface area contributed by atoms with Crippen LogP contribution in [-0.2, 0) is 4.79 Å². The molecule has 1 aliphatic carbocycles. The summed E-state index contributed by atoms with van der Waals surface area (Å²) in [6.07, 6.45) is 6.99. The fraction of sp³-hybridized carbons (Fsp3) is 0.273. The number of nitriles is 1. The first-order valence-corrected chi connectivity index (χ1v) is 10.1. The number of nitrogens with zero attached hydrogens (tertiary/aromatic N) is 1. The monoisotopic (exact) mass is 377 g/mol. The van der Waals surface area contributed by atoms with Gasteiger partial charge in [-0.2, -0.15) is 5.26 Å². The van der Waals surface area contributed by atoms with E-state index in [1.165, 1.54) is 12.6 Å². The Labute approximate surface area is 164 Å². The second-order valence-electron chi connectivity index (χ2n) is 6.53. The summed E-state index contributed by atoms with van der Waals surface area (Å²) in [5, 5.41) is 15.5. The smallest absolute Gasteiger partial charge is 0.263 e. The van der Waals surface area contributed by atoms with Crippen molar-refractivity contribution in [1.82, 2.24) is 5.32 Å². The third-order valence-corrected chi connectivity index (χ3v) is 5.62. The van der Waals surface area contributed by atoms with E-state index in [-0.39, 0.29) is 17.5 Å². The first kappa shape index (κ1) is 19.1. The second kappa shape index (κ2) is 9.84. The van der Waals surface area contributed by atoms with Crippen molar-refractivity contribution in [1.29, 1.82) is 5.26 Å². The lowest BCUT2D eigenvalue weighted by Gasteiger charge is -2.22. The SMILES string of the molecule is N#C/C(=C/Nc1ccccc1Sc1ccccc1)C(=O)NC1CCCCC1. The molecule has 0 radical (unpaired) electrons. The first-order valence-electron chi connectivity index (χ1n) is 9.26. The van der Waals surface area contributed by atoms with Gasteiger partial charge in [-0.3, -0.25) is 4.79 Å². The van der Waals surface area contributed by atoms with Crippen molar-refractivity contribution in [2.24, 2.45) is 0 Å². The molecule has 1 saturated carbocycles. The number of anilines is 1. The summed E-state index contributed by atoms with van der Waals surface area (Å²) in [6, 6.07) is 20.1. The van der Waals surface area contributed by atoms with Gasteiger partial charge in [-0.05, 0) is 37.1 Å². The fourth-order valence-corrected chi connectivity index (χ4v) is 4.03. The molecule has 5 heteroatoms. The van der Waals surface area contributed by atoms with Gasteiger partial charge in [0, 0.05) is 22.0 Å². The summed E-state index contributed by atoms with van der Waals surface area (Å²) in [4.78, 5) is 14.6. The van der Waals surface area contributed by atoms with Crippen LogP contribution in [0.15, 0.2) is 76.2 Å². The summed E-state index contributed by atoms with van der Waals surface area (Å²) in [5.74, 6) is -0.301. The molecule has 0 atom stereocenters. The number of carbonyl (C=O) groups is 1. The largest absolute Gasteiger partial charge is 0.359 e. The van der Waals surface area contributed by atoms with Gasteiger partial charge in [-0.25, -0.2) is 0 Å². The van der Waals surface area contributed by atoms with Gasteiger partial charge in [0.25, 0.3) is 5.91 Å². The topological polar surface area (TPSA) is 64.9 Å². The summed E-state index contributed by atoms with van der Waals surface area (Å²) >= 11 is 1.64. The zero-order chi connectivity index (χ0) is 18.9. The van der Waals surface area contributed by atoms with Crippen molar-refractivity contribution < 1.29 is 4.79 Å². The molecule has 27 heavy (non-hydrogen) atoms. The van der Waals surface area contributed by atoms with Gasteiger partial charge in [0.15, 0.2) is 0 Å². The molecular weight excluding hydrogens is 354 g/mol. The number of rotatable bonds is 6. The van der Waals surface area contributed by atoms with Crippen molar-refractivity contribution >= 4 is 23.4 Å². The van der Waals surface area contributed by atoms with E-state index in [1.807, 2.05) is 48.5 Å². The normalized spacial score (nSPS) is 15.0. The molecule has 0 aliphatic heterocycles. The van der Waals surface area contributed by atoms with Crippen LogP contribution < -0.4 is 10.6 Å². The Balaban J connectivity index is 1.68. The lowest BCUT2D eigenvalue weighted by atomic mass is 9.95. The van der Waals surface area contributed by atoms with Crippen LogP contribution in [0.4, 0.5) is 5.69 Å². The van der Waals surface area contributed by atoms with Crippen LogP contribution in [0.5, 0.6) is 0 Å². The van der Waals surface area contributed by atoms with E-state index in [4.69, 9.17) is 0 Å². The lowest BCUT2D eigenvalue weighted by Crippen LogP contribution is -2.37. The van der Waals surface area contributed by atoms with Crippen LogP contribution in [-0.4, -0.2) is 11.9 Å². The molecule has 1 fully saturated rings. The van der Waals surface area contributed by atoms with Crippen molar-refractivity contribution in [3.8, 4) is 6.07 Å². The predicted molar refractivity (Wildman–Crippen MR) is 109 cm³/mol. The fourth-order valence-electron chi connectivity index (χ4n) is 3.10. The number of hydrogen-bond donors (Lipinski definition) is 2. The number of para-hydroxylation sites is 1. The number of amides is 1. The third kappa shape index (κ3) is 5.63. The zero-order valence-corrected chi connectivity index (χ0v) is 16.0. The molecule has 1 aliphatic rings. The molecule has 4 nitrogen and oxygen atoms in total. The van der Waals surface area contributed by atoms with Crippen molar-refractivity contribution in [2.75, 3.05) is 5.32 Å². The molecule has 0 bridgehead atoms. The zero-order valence-electron chi connectivity index (χ0n) is 15.2. The Morgan fingerprint density at radius 1 is 1.04 bits per heavy atom. The van der Waals surface area contributed by atoms with Gasteiger partial charge < -0.3 is 10.6 Å². The number of hydrogen-bond acceptors (Lipinski definition) is 4. The van der Waals surface area contributed by atoms with E-state index in [0.717, 1.165) is 41.2 Å². The minimum atomic E-state index is -0.301. The Hall–Kier alpha value is -2.71. The third-order valence-electron chi connectivity index (χ3n) is 4.54. The van der Waals surface area contributed by atoms with Crippen molar-refractivity contribution in [2.45, 2.75) is 47.9 Å². The van der Waals surface area contributed by atoms with Gasteiger partial charge in [-0.15, -0.1) is 0 Å². The molecule has 0 aromatic heterocycles. The minimum absolute atomic E-state index is 0.0973. The minimum Gasteiger partial charge on any atom is -0.359 e. The highest BCUT2D eigenvalue weighted by Crippen LogP contribution is 2.33. The standard InChI is InChI=1S/C22H23N3OS/c23-15-17(22(26)25-18-9-3-1-4-10-18)16-24-20-13-7-8-14-21(20)27-19-11-5-2-6-12-19/h2,5-8,11-14,16,18,24H,1,3-4,9-10H2,(H,25,26)/b17-16-. The average molecular weight is 378 g/mol. The van der Waals surface area contributed by atoms with Gasteiger partial charge >= 0.3 is 0 Å². The van der Waals surface area contributed by atoms with Crippen LogP contribution in [0.3, 0.4) is 0 Å². The molecule has 3 rings (SSSR count). The van der Waals surface area contributed by atoms with Crippen molar-refractivity contribution in [3.63, 3.8) is 0 Å². The van der Waals surface area contributed by atoms with Gasteiger partial charge in [-0.1, -0.05) is 61.4 Å². The van der Waals surface area contributed by atoms with Crippen LogP contribution in [0.2, 0.25) is 0 Å². The highest BCUT2D eigenvalue weighted by molar-refractivity contribution is 7.99. The van der Waals surface area contributed by atoms with Crippen molar-refractivity contribution in [3.05, 3.63) is 66.4 Å². The van der Waals surface area contributed by atoms with E-state index in [9.17, 15) is 10.1 Å². The summed E-state index contributed by atoms with van der Waals surface area (Å²) in [6.45, 7) is 0. The molecule has 0 spiro atoms. The highest BCUT2D eigenvalue weighted by Gasteiger charge is 2.18. The molecule has 2 N–H and O–H groups in total. The molecule has 1 amide bonds. The Bertz CT molecular complexity index is 836. The van der Waals surface area contributed by atoms with Crippen LogP contribution in [0, 0.1) is 11.3 Å². The average Bonchev–Trinajstić information content (AvgIpc) is 2.71. The van der Waals surface area contributed by atoms with E-state index in [1.54, 1.807) is 11.8 Å². The molecule has 0 saturated heterocycles. The van der Waals surface area contributed by atoms with Gasteiger partial charge in [0.1, 0.15) is 11.6 Å². The Morgan fingerprint density at radius 3 is 2.48 bits per heavy atom. The Kier molecular flexibility index (Phi) is 6.95. The maximum atomic E-state index is 12.4. The highest BCUT2D eigenvalue weighted by atomic mass is 32.2. The predicted octanol–water partition coefficient (Wildman–Crippen LogP) is 5.11. The molecule has 0 unspecified atom stereocenters. The van der Waals surface area contributed by atoms with Crippen LogP contribution in [0.25, 0.3) is 0 Å². The molecule has 0 heterocycles. The quantitative estimate of drug-likeness (QED) is 0.542. The van der Waals surface area contributed by atoms with Gasteiger partial charge in [0.05, 0.1) is 5.69 Å². The maximum absolute atomic E-state index is 12.4. The molecule has 2 aromatic carbocycles. The summed E-state index contributed by atoms with van der Waals surface area (Å²) in [7, 11) is 0. The second-order valence-corrected chi connectivity index (χ2v) is 7.65. The molecule has 138 valence electrons. The Morgan fingerprint density at radius 2 is 1.74 bits per heavy atom. The number of carbonyl (C=O) groups excluding carboxylic acids is 1. The van der Waals surface area contributed by atoms with E-state index >= 15 is 0 Å².